The molecule has 1 aromatic rings. The molecule has 2 rings (SSSR count). The van der Waals surface area contributed by atoms with Crippen molar-refractivity contribution in [3.63, 3.8) is 0 Å². The molecule has 3 heteroatoms. The lowest BCUT2D eigenvalue weighted by Crippen LogP contribution is -2.43. The van der Waals surface area contributed by atoms with E-state index in [0.29, 0.717) is 0 Å². The Morgan fingerprint density at radius 2 is 2.12 bits per heavy atom. The van der Waals surface area contributed by atoms with E-state index in [1.54, 1.807) is 0 Å². The minimum Gasteiger partial charge on any atom is -0.358 e. The smallest absolute Gasteiger partial charge is 0.134 e. The molecule has 0 aromatic heterocycles. The van der Waals surface area contributed by atoms with Crippen molar-refractivity contribution < 1.29 is 4.74 Å². The molecule has 1 atom stereocenters. The lowest BCUT2D eigenvalue weighted by Gasteiger charge is -2.35. The van der Waals surface area contributed by atoms with Crippen molar-refractivity contribution in [1.29, 1.82) is 0 Å². The summed E-state index contributed by atoms with van der Waals surface area (Å²) in [5.41, 5.74) is 2.76. The van der Waals surface area contributed by atoms with Crippen LogP contribution in [0.25, 0.3) is 0 Å². The van der Waals surface area contributed by atoms with Crippen LogP contribution in [0.5, 0.6) is 0 Å². The van der Waals surface area contributed by atoms with Crippen molar-refractivity contribution in [1.82, 2.24) is 5.32 Å². The Balaban J connectivity index is 0.00000128. The first-order valence-electron chi connectivity index (χ1n) is 5.48. The number of hydrogen-bond acceptors (Lipinski definition) is 2. The highest BCUT2D eigenvalue weighted by atomic mass is 35.5. The first-order chi connectivity index (χ1) is 7.07. The van der Waals surface area contributed by atoms with Gasteiger partial charge in [-0.2, -0.15) is 0 Å². The third-order valence-electron chi connectivity index (χ3n) is 2.75. The van der Waals surface area contributed by atoms with Crippen LogP contribution in [0.1, 0.15) is 31.2 Å². The zero-order valence-corrected chi connectivity index (χ0v) is 10.9. The van der Waals surface area contributed by atoms with E-state index in [-0.39, 0.29) is 24.0 Å². The van der Waals surface area contributed by atoms with Crippen molar-refractivity contribution in [3.8, 4) is 0 Å². The second-order valence-corrected chi connectivity index (χ2v) is 5.15. The van der Waals surface area contributed by atoms with Gasteiger partial charge in [-0.1, -0.05) is 43.7 Å². The van der Waals surface area contributed by atoms with Gasteiger partial charge in [0, 0.05) is 12.0 Å². The van der Waals surface area contributed by atoms with Gasteiger partial charge >= 0.3 is 0 Å². The molecule has 0 bridgehead atoms. The van der Waals surface area contributed by atoms with Crippen molar-refractivity contribution in [2.75, 3.05) is 13.2 Å². The van der Waals surface area contributed by atoms with Crippen LogP contribution < -0.4 is 5.32 Å². The second kappa shape index (κ2) is 5.17. The van der Waals surface area contributed by atoms with E-state index in [1.165, 1.54) is 11.1 Å². The summed E-state index contributed by atoms with van der Waals surface area (Å²) >= 11 is 0. The fourth-order valence-corrected chi connectivity index (χ4v) is 1.84. The van der Waals surface area contributed by atoms with E-state index in [9.17, 15) is 0 Å². The van der Waals surface area contributed by atoms with Crippen LogP contribution in [-0.2, 0) is 4.74 Å². The standard InChI is InChI=1S/C13H19NO.ClH/c1-10-5-4-6-11(7-10)12-14-8-13(2,3)9-15-12;/h4-7,12,14H,8-9H2,1-3H3;1H. The summed E-state index contributed by atoms with van der Waals surface area (Å²) in [6.45, 7) is 8.36. The Morgan fingerprint density at radius 1 is 1.38 bits per heavy atom. The second-order valence-electron chi connectivity index (χ2n) is 5.15. The highest BCUT2D eigenvalue weighted by molar-refractivity contribution is 5.85. The summed E-state index contributed by atoms with van der Waals surface area (Å²) in [5, 5.41) is 3.43. The molecule has 0 saturated carbocycles. The average molecular weight is 242 g/mol. The molecule has 1 unspecified atom stereocenters. The van der Waals surface area contributed by atoms with E-state index < -0.39 is 0 Å². The zero-order chi connectivity index (χ0) is 10.9. The maximum absolute atomic E-state index is 5.82. The maximum Gasteiger partial charge on any atom is 0.134 e. The molecule has 0 aliphatic carbocycles. The van der Waals surface area contributed by atoms with E-state index in [2.05, 4.69) is 50.4 Å². The van der Waals surface area contributed by atoms with Crippen LogP contribution in [0.15, 0.2) is 24.3 Å². The molecule has 2 nitrogen and oxygen atoms in total. The molecule has 1 aliphatic heterocycles. The third-order valence-corrected chi connectivity index (χ3v) is 2.75. The summed E-state index contributed by atoms with van der Waals surface area (Å²) in [5.74, 6) is 0. The molecule has 16 heavy (non-hydrogen) atoms. The van der Waals surface area contributed by atoms with Crippen LogP contribution in [0.3, 0.4) is 0 Å². The molecule has 1 aliphatic rings. The van der Waals surface area contributed by atoms with Gasteiger partial charge in [0.1, 0.15) is 6.23 Å². The SMILES string of the molecule is Cc1cccc(C2NCC(C)(C)CO2)c1.Cl. The van der Waals surface area contributed by atoms with Gasteiger partial charge < -0.3 is 4.74 Å². The number of aryl methyl sites for hydroxylation is 1. The highest BCUT2D eigenvalue weighted by Gasteiger charge is 2.27. The monoisotopic (exact) mass is 241 g/mol. The highest BCUT2D eigenvalue weighted by Crippen LogP contribution is 2.26. The predicted molar refractivity (Wildman–Crippen MR) is 68.9 cm³/mol. The fraction of sp³-hybridized carbons (Fsp3) is 0.538. The van der Waals surface area contributed by atoms with Crippen molar-refractivity contribution >= 4 is 12.4 Å². The van der Waals surface area contributed by atoms with Crippen molar-refractivity contribution in [3.05, 3.63) is 35.4 Å². The minimum atomic E-state index is 0. The molecule has 1 saturated heterocycles. The lowest BCUT2D eigenvalue weighted by molar-refractivity contribution is -0.0595. The van der Waals surface area contributed by atoms with E-state index in [0.717, 1.165) is 13.2 Å². The Kier molecular flexibility index (Phi) is 4.36. The van der Waals surface area contributed by atoms with Crippen LogP contribution in [0.2, 0.25) is 0 Å². The summed E-state index contributed by atoms with van der Waals surface area (Å²) in [7, 11) is 0. The topological polar surface area (TPSA) is 21.3 Å². The Morgan fingerprint density at radius 3 is 2.69 bits per heavy atom. The number of ether oxygens (including phenoxy) is 1. The lowest BCUT2D eigenvalue weighted by atomic mass is 9.93. The largest absolute Gasteiger partial charge is 0.358 e. The number of nitrogens with one attached hydrogen (secondary N) is 1. The van der Waals surface area contributed by atoms with Crippen LogP contribution in [0.4, 0.5) is 0 Å². The van der Waals surface area contributed by atoms with E-state index >= 15 is 0 Å². The van der Waals surface area contributed by atoms with E-state index in [4.69, 9.17) is 4.74 Å². The molecule has 90 valence electrons. The summed E-state index contributed by atoms with van der Waals surface area (Å²) < 4.78 is 5.82. The van der Waals surface area contributed by atoms with Crippen molar-refractivity contribution in [2.24, 2.45) is 5.41 Å². The molecule has 1 heterocycles. The maximum atomic E-state index is 5.82. The van der Waals surface area contributed by atoms with Gasteiger partial charge in [-0.15, -0.1) is 12.4 Å². The van der Waals surface area contributed by atoms with Crippen LogP contribution >= 0.6 is 12.4 Å². The Labute approximate surface area is 104 Å². The number of halogens is 1. The molecular formula is C13H20ClNO. The molecule has 1 N–H and O–H groups in total. The zero-order valence-electron chi connectivity index (χ0n) is 10.1. The normalized spacial score (nSPS) is 23.6. The summed E-state index contributed by atoms with van der Waals surface area (Å²) in [6, 6.07) is 8.48. The fourth-order valence-electron chi connectivity index (χ4n) is 1.84. The summed E-state index contributed by atoms with van der Waals surface area (Å²) in [6.07, 6.45) is 0.0675. The van der Waals surface area contributed by atoms with Crippen LogP contribution in [0, 0.1) is 12.3 Å². The Bertz CT molecular complexity index is 342. The number of hydrogen-bond donors (Lipinski definition) is 1. The Hall–Kier alpha value is -0.570. The number of rotatable bonds is 1. The van der Waals surface area contributed by atoms with Gasteiger partial charge in [0.05, 0.1) is 6.61 Å². The van der Waals surface area contributed by atoms with Gasteiger partial charge in [-0.3, -0.25) is 5.32 Å². The van der Waals surface area contributed by atoms with Gasteiger partial charge in [0.2, 0.25) is 0 Å². The molecule has 0 radical (unpaired) electrons. The van der Waals surface area contributed by atoms with Gasteiger partial charge in [-0.05, 0) is 12.5 Å². The summed E-state index contributed by atoms with van der Waals surface area (Å²) in [4.78, 5) is 0. The third kappa shape index (κ3) is 3.21. The minimum absolute atomic E-state index is 0. The quantitative estimate of drug-likeness (QED) is 0.816. The molecule has 0 amide bonds. The molecular weight excluding hydrogens is 222 g/mol. The molecule has 0 spiro atoms. The molecule has 1 fully saturated rings. The number of benzene rings is 1. The van der Waals surface area contributed by atoms with Crippen LogP contribution in [-0.4, -0.2) is 13.2 Å². The van der Waals surface area contributed by atoms with Gasteiger partial charge in [0.15, 0.2) is 0 Å². The van der Waals surface area contributed by atoms with E-state index in [1.807, 2.05) is 0 Å². The van der Waals surface area contributed by atoms with Crippen molar-refractivity contribution in [2.45, 2.75) is 27.0 Å². The molecule has 1 aromatic carbocycles. The van der Waals surface area contributed by atoms with Gasteiger partial charge in [0.25, 0.3) is 0 Å². The average Bonchev–Trinajstić information content (AvgIpc) is 2.17. The predicted octanol–water partition coefficient (Wildman–Crippen LogP) is 3.06. The first kappa shape index (κ1) is 13.5. The van der Waals surface area contributed by atoms with Gasteiger partial charge in [-0.25, -0.2) is 0 Å². The first-order valence-corrected chi connectivity index (χ1v) is 5.48.